The maximum Gasteiger partial charge on any atom is 0.435 e. The lowest BCUT2D eigenvalue weighted by Gasteiger charge is -2.20. The molecule has 3 aromatic rings. The Morgan fingerprint density at radius 3 is 2.42 bits per heavy atom. The molecule has 1 saturated heterocycles. The third kappa shape index (κ3) is 3.70. The minimum Gasteiger partial charge on any atom is -0.307 e. The van der Waals surface area contributed by atoms with Crippen LogP contribution in [0.5, 0.6) is 0 Å². The number of benzene rings is 1. The number of carbonyl (C=O) groups is 1. The fourth-order valence-corrected chi connectivity index (χ4v) is 3.96. The molecule has 3 heterocycles. The minimum absolute atomic E-state index is 0.0160. The van der Waals surface area contributed by atoms with Crippen LogP contribution in [0.4, 0.5) is 23.2 Å². The Hall–Kier alpha value is -3.17. The van der Waals surface area contributed by atoms with Crippen molar-refractivity contribution in [2.24, 2.45) is 0 Å². The highest BCUT2D eigenvalue weighted by Gasteiger charge is 2.40. The van der Waals surface area contributed by atoms with E-state index in [2.05, 4.69) is 10.2 Å². The lowest BCUT2D eigenvalue weighted by atomic mass is 10.1. The van der Waals surface area contributed by atoms with E-state index >= 15 is 0 Å². The van der Waals surface area contributed by atoms with E-state index in [1.165, 1.54) is 19.1 Å². The molecule has 0 N–H and O–H groups in total. The molecule has 6 nitrogen and oxygen atoms in total. The van der Waals surface area contributed by atoms with Crippen LogP contribution < -0.4 is 4.90 Å². The van der Waals surface area contributed by atoms with Gasteiger partial charge >= 0.3 is 6.18 Å². The van der Waals surface area contributed by atoms with Gasteiger partial charge in [0.05, 0.1) is 23.3 Å². The Bertz CT molecular complexity index is 1110. The van der Waals surface area contributed by atoms with Gasteiger partial charge in [-0.2, -0.15) is 23.4 Å². The summed E-state index contributed by atoms with van der Waals surface area (Å²) in [6.07, 6.45) is -2.67. The van der Waals surface area contributed by atoms with Gasteiger partial charge in [0.1, 0.15) is 11.9 Å². The van der Waals surface area contributed by atoms with E-state index in [1.807, 2.05) is 13.8 Å². The van der Waals surface area contributed by atoms with E-state index in [4.69, 9.17) is 0 Å². The lowest BCUT2D eigenvalue weighted by Crippen LogP contribution is -2.30. The van der Waals surface area contributed by atoms with Crippen molar-refractivity contribution in [2.45, 2.75) is 45.3 Å². The van der Waals surface area contributed by atoms with Crippen molar-refractivity contribution in [1.82, 2.24) is 19.6 Å². The number of aromatic nitrogens is 4. The number of hydrogen-bond donors (Lipinski definition) is 0. The summed E-state index contributed by atoms with van der Waals surface area (Å²) >= 11 is 0. The van der Waals surface area contributed by atoms with E-state index in [0.29, 0.717) is 24.3 Å². The normalized spacial score (nSPS) is 17.2. The molecule has 10 heteroatoms. The van der Waals surface area contributed by atoms with E-state index < -0.39 is 17.9 Å². The van der Waals surface area contributed by atoms with E-state index in [-0.39, 0.29) is 23.3 Å². The van der Waals surface area contributed by atoms with Crippen LogP contribution in [-0.2, 0) is 11.0 Å². The third-order valence-corrected chi connectivity index (χ3v) is 5.38. The van der Waals surface area contributed by atoms with Gasteiger partial charge < -0.3 is 4.90 Å². The summed E-state index contributed by atoms with van der Waals surface area (Å²) in [5, 5.41) is 8.05. The summed E-state index contributed by atoms with van der Waals surface area (Å²) in [5.74, 6) is -0.717. The molecule has 1 unspecified atom stereocenters. The number of hydrogen-bond acceptors (Lipinski definition) is 3. The van der Waals surface area contributed by atoms with E-state index in [9.17, 15) is 22.4 Å². The van der Waals surface area contributed by atoms with Gasteiger partial charge in [-0.15, -0.1) is 0 Å². The Morgan fingerprint density at radius 2 is 1.84 bits per heavy atom. The first-order valence-corrected chi connectivity index (χ1v) is 9.86. The van der Waals surface area contributed by atoms with Crippen LogP contribution >= 0.6 is 0 Å². The molecule has 1 aliphatic heterocycles. The van der Waals surface area contributed by atoms with Crippen LogP contribution in [0, 0.1) is 12.7 Å². The van der Waals surface area contributed by atoms with Crippen LogP contribution in [0.25, 0.3) is 5.69 Å². The highest BCUT2D eigenvalue weighted by Crippen LogP contribution is 2.36. The molecule has 164 valence electrons. The zero-order valence-corrected chi connectivity index (χ0v) is 17.2. The number of amides is 1. The van der Waals surface area contributed by atoms with Crippen molar-refractivity contribution < 1.29 is 22.4 Å². The third-order valence-electron chi connectivity index (χ3n) is 5.38. The van der Waals surface area contributed by atoms with Crippen LogP contribution in [0.15, 0.2) is 36.5 Å². The molecule has 1 amide bonds. The first kappa shape index (κ1) is 21.1. The number of halogens is 4. The van der Waals surface area contributed by atoms with Crippen molar-refractivity contribution >= 4 is 11.6 Å². The first-order chi connectivity index (χ1) is 14.6. The van der Waals surface area contributed by atoms with Crippen molar-refractivity contribution in [3.8, 4) is 5.69 Å². The van der Waals surface area contributed by atoms with Crippen LogP contribution in [0.1, 0.15) is 49.3 Å². The van der Waals surface area contributed by atoms with Crippen molar-refractivity contribution in [3.63, 3.8) is 0 Å². The molecule has 1 aromatic carbocycles. The first-order valence-electron chi connectivity index (χ1n) is 9.86. The quantitative estimate of drug-likeness (QED) is 0.562. The standard InChI is InChI=1S/C21H21F4N5O/c1-12(2)19-17(11-26-30(19)15-6-4-14(22)5-7-15)28-9-8-16(20(28)31)29-13(3)10-18(27-29)21(23,24)25/h4-7,10-12,16H,8-9H2,1-3H3. The van der Waals surface area contributed by atoms with Gasteiger partial charge in [-0.25, -0.2) is 9.07 Å². The van der Waals surface area contributed by atoms with Gasteiger partial charge in [-0.05, 0) is 49.6 Å². The molecule has 0 saturated carbocycles. The molecule has 0 radical (unpaired) electrons. The van der Waals surface area contributed by atoms with Crippen LogP contribution in [0.3, 0.4) is 0 Å². The highest BCUT2D eigenvalue weighted by molar-refractivity contribution is 5.98. The maximum atomic E-state index is 13.3. The van der Waals surface area contributed by atoms with E-state index in [0.717, 1.165) is 16.4 Å². The minimum atomic E-state index is -4.57. The van der Waals surface area contributed by atoms with Crippen LogP contribution in [0.2, 0.25) is 0 Å². The molecule has 0 aliphatic carbocycles. The lowest BCUT2D eigenvalue weighted by molar-refractivity contribution is -0.141. The number of rotatable bonds is 4. The second-order valence-corrected chi connectivity index (χ2v) is 7.87. The Balaban J connectivity index is 1.68. The van der Waals surface area contributed by atoms with Gasteiger partial charge in [0.2, 0.25) is 0 Å². The van der Waals surface area contributed by atoms with Crippen molar-refractivity contribution in [2.75, 3.05) is 11.4 Å². The molecule has 31 heavy (non-hydrogen) atoms. The molecule has 1 atom stereocenters. The number of aryl methyl sites for hydroxylation is 1. The molecule has 0 bridgehead atoms. The summed E-state index contributed by atoms with van der Waals surface area (Å²) < 4.78 is 55.2. The fraction of sp³-hybridized carbons (Fsp3) is 0.381. The van der Waals surface area contributed by atoms with Gasteiger partial charge in [0.25, 0.3) is 5.91 Å². The Morgan fingerprint density at radius 1 is 1.16 bits per heavy atom. The second-order valence-electron chi connectivity index (χ2n) is 7.87. The van der Waals surface area contributed by atoms with Gasteiger partial charge in [0.15, 0.2) is 5.69 Å². The molecular formula is C21H21F4N5O. The van der Waals surface area contributed by atoms with Crippen molar-refractivity contribution in [3.05, 3.63) is 59.4 Å². The summed E-state index contributed by atoms with van der Waals surface area (Å²) in [6, 6.07) is 5.98. The molecule has 0 spiro atoms. The number of alkyl halides is 3. The Kier molecular flexibility index (Phi) is 5.10. The topological polar surface area (TPSA) is 56.0 Å². The SMILES string of the molecule is Cc1cc(C(F)(F)F)nn1C1CCN(c2cnn(-c3ccc(F)cc3)c2C(C)C)C1=O. The highest BCUT2D eigenvalue weighted by atomic mass is 19.4. The van der Waals surface area contributed by atoms with Gasteiger partial charge in [-0.3, -0.25) is 9.48 Å². The average Bonchev–Trinajstić information content (AvgIpc) is 3.38. The van der Waals surface area contributed by atoms with E-state index in [1.54, 1.807) is 27.9 Å². The monoisotopic (exact) mass is 435 g/mol. The molecule has 2 aromatic heterocycles. The Labute approximate surface area is 176 Å². The van der Waals surface area contributed by atoms with Crippen LogP contribution in [-0.4, -0.2) is 32.0 Å². The number of nitrogens with zero attached hydrogens (tertiary/aromatic N) is 5. The summed E-state index contributed by atoms with van der Waals surface area (Å²) in [6.45, 7) is 5.74. The largest absolute Gasteiger partial charge is 0.435 e. The fourth-order valence-electron chi connectivity index (χ4n) is 3.96. The zero-order chi connectivity index (χ0) is 22.5. The number of anilines is 1. The summed E-state index contributed by atoms with van der Waals surface area (Å²) in [7, 11) is 0. The predicted octanol–water partition coefficient (Wildman–Crippen LogP) is 4.64. The molecular weight excluding hydrogens is 414 g/mol. The molecule has 1 aliphatic rings. The number of carbonyl (C=O) groups excluding carboxylic acids is 1. The summed E-state index contributed by atoms with van der Waals surface area (Å²) in [5.41, 5.74) is 1.26. The predicted molar refractivity (Wildman–Crippen MR) is 106 cm³/mol. The smallest absolute Gasteiger partial charge is 0.307 e. The molecule has 1 fully saturated rings. The summed E-state index contributed by atoms with van der Waals surface area (Å²) in [4.78, 5) is 14.7. The zero-order valence-electron chi connectivity index (χ0n) is 17.2. The second kappa shape index (κ2) is 7.51. The van der Waals surface area contributed by atoms with Gasteiger partial charge in [0, 0.05) is 12.2 Å². The van der Waals surface area contributed by atoms with Gasteiger partial charge in [-0.1, -0.05) is 13.8 Å². The average molecular weight is 435 g/mol. The molecule has 4 rings (SSSR count). The van der Waals surface area contributed by atoms with Crippen molar-refractivity contribution in [1.29, 1.82) is 0 Å². The maximum absolute atomic E-state index is 13.3.